The van der Waals surface area contributed by atoms with Gasteiger partial charge in [0.15, 0.2) is 0 Å². The summed E-state index contributed by atoms with van der Waals surface area (Å²) in [7, 11) is 0. The van der Waals surface area contributed by atoms with Crippen molar-refractivity contribution in [1.82, 2.24) is 9.97 Å². The first-order valence-electron chi connectivity index (χ1n) is 4.87. The molecule has 1 aromatic heterocycles. The lowest BCUT2D eigenvalue weighted by molar-refractivity contribution is -0.137. The molecule has 0 aliphatic rings. The van der Waals surface area contributed by atoms with Crippen molar-refractivity contribution in [2.75, 3.05) is 5.32 Å². The summed E-state index contributed by atoms with van der Waals surface area (Å²) in [5.74, 6) is -0.372. The van der Waals surface area contributed by atoms with Crippen LogP contribution in [0.25, 0.3) is 10.9 Å². The number of anilines is 1. The monoisotopic (exact) mass is 217 g/mol. The summed E-state index contributed by atoms with van der Waals surface area (Å²) in [6.07, 6.45) is 1.42. The van der Waals surface area contributed by atoms with E-state index in [0.717, 1.165) is 10.9 Å². The van der Waals surface area contributed by atoms with Gasteiger partial charge >= 0.3 is 5.97 Å². The van der Waals surface area contributed by atoms with Crippen LogP contribution in [0.2, 0.25) is 0 Å². The van der Waals surface area contributed by atoms with E-state index in [9.17, 15) is 4.79 Å². The Bertz CT molecular complexity index is 522. The Hall–Kier alpha value is -2.17. The Kier molecular flexibility index (Phi) is 2.68. The van der Waals surface area contributed by atoms with Crippen LogP contribution in [0.3, 0.4) is 0 Å². The Labute approximate surface area is 92.2 Å². The lowest BCUT2D eigenvalue weighted by Crippen LogP contribution is -2.26. The molecule has 0 fully saturated rings. The summed E-state index contributed by atoms with van der Waals surface area (Å²) < 4.78 is 0. The number of aliphatic carboxylic acids is 1. The second-order valence-corrected chi connectivity index (χ2v) is 3.44. The molecule has 82 valence electrons. The quantitative estimate of drug-likeness (QED) is 0.815. The minimum Gasteiger partial charge on any atom is -0.480 e. The van der Waals surface area contributed by atoms with E-state index in [0.29, 0.717) is 5.82 Å². The van der Waals surface area contributed by atoms with Gasteiger partial charge in [-0.2, -0.15) is 0 Å². The van der Waals surface area contributed by atoms with Gasteiger partial charge in [0, 0.05) is 5.39 Å². The van der Waals surface area contributed by atoms with Gasteiger partial charge in [0.25, 0.3) is 0 Å². The predicted octanol–water partition coefficient (Wildman–Crippen LogP) is 1.51. The van der Waals surface area contributed by atoms with Crippen molar-refractivity contribution in [2.24, 2.45) is 0 Å². The maximum atomic E-state index is 10.7. The molecule has 0 saturated carbocycles. The van der Waals surface area contributed by atoms with Crippen molar-refractivity contribution in [2.45, 2.75) is 13.0 Å². The van der Waals surface area contributed by atoms with Gasteiger partial charge < -0.3 is 10.4 Å². The molecule has 0 amide bonds. The number of benzene rings is 1. The van der Waals surface area contributed by atoms with E-state index in [1.165, 1.54) is 6.33 Å². The molecule has 0 bridgehead atoms. The average Bonchev–Trinajstić information content (AvgIpc) is 2.29. The topological polar surface area (TPSA) is 75.1 Å². The van der Waals surface area contributed by atoms with Crippen LogP contribution in [0.15, 0.2) is 30.6 Å². The second-order valence-electron chi connectivity index (χ2n) is 3.44. The molecule has 1 aromatic carbocycles. The average molecular weight is 217 g/mol. The summed E-state index contributed by atoms with van der Waals surface area (Å²) >= 11 is 0. The molecule has 0 aliphatic carbocycles. The molecule has 5 nitrogen and oxygen atoms in total. The van der Waals surface area contributed by atoms with E-state index in [-0.39, 0.29) is 0 Å². The largest absolute Gasteiger partial charge is 0.480 e. The molecule has 0 spiro atoms. The molecule has 1 heterocycles. The van der Waals surface area contributed by atoms with Gasteiger partial charge in [-0.15, -0.1) is 0 Å². The minimum atomic E-state index is -0.914. The first-order chi connectivity index (χ1) is 7.68. The fourth-order valence-corrected chi connectivity index (χ4v) is 1.39. The van der Waals surface area contributed by atoms with E-state index < -0.39 is 12.0 Å². The molecule has 0 saturated heterocycles. The number of aromatic nitrogens is 2. The van der Waals surface area contributed by atoms with Crippen LogP contribution < -0.4 is 5.32 Å². The van der Waals surface area contributed by atoms with Crippen LogP contribution in [0.5, 0.6) is 0 Å². The molecule has 2 aromatic rings. The molecule has 0 radical (unpaired) electrons. The zero-order chi connectivity index (χ0) is 11.5. The van der Waals surface area contributed by atoms with Crippen LogP contribution in [-0.2, 0) is 4.79 Å². The molecule has 16 heavy (non-hydrogen) atoms. The summed E-state index contributed by atoms with van der Waals surface area (Å²) in [5.41, 5.74) is 0.789. The molecule has 1 atom stereocenters. The third-order valence-corrected chi connectivity index (χ3v) is 2.27. The van der Waals surface area contributed by atoms with Crippen LogP contribution in [-0.4, -0.2) is 27.1 Å². The van der Waals surface area contributed by atoms with Crippen molar-refractivity contribution in [3.05, 3.63) is 30.6 Å². The standard InChI is InChI=1S/C11H11N3O2/c1-7(11(15)16)14-10-8-4-2-3-5-9(8)12-6-13-10/h2-7H,1H3,(H,15,16)(H,12,13,14)/t7-/m1/s1. The molecule has 2 N–H and O–H groups in total. The Morgan fingerprint density at radius 3 is 2.88 bits per heavy atom. The lowest BCUT2D eigenvalue weighted by Gasteiger charge is -2.11. The zero-order valence-corrected chi connectivity index (χ0v) is 8.71. The number of para-hydroxylation sites is 1. The fourth-order valence-electron chi connectivity index (χ4n) is 1.39. The van der Waals surface area contributed by atoms with Gasteiger partial charge in [-0.05, 0) is 19.1 Å². The van der Waals surface area contributed by atoms with Gasteiger partial charge in [-0.1, -0.05) is 12.1 Å². The predicted molar refractivity (Wildman–Crippen MR) is 60.3 cm³/mol. The maximum absolute atomic E-state index is 10.7. The van der Waals surface area contributed by atoms with E-state index in [1.54, 1.807) is 6.92 Å². The van der Waals surface area contributed by atoms with E-state index in [4.69, 9.17) is 5.11 Å². The van der Waals surface area contributed by atoms with Crippen LogP contribution >= 0.6 is 0 Å². The molecule has 0 aliphatic heterocycles. The SMILES string of the molecule is C[C@@H](Nc1ncnc2ccccc12)C(=O)O. The van der Waals surface area contributed by atoms with Crippen molar-refractivity contribution in [3.63, 3.8) is 0 Å². The fraction of sp³-hybridized carbons (Fsp3) is 0.182. The molecule has 2 rings (SSSR count). The number of carboxylic acids is 1. The van der Waals surface area contributed by atoms with Gasteiger partial charge in [0.2, 0.25) is 0 Å². The van der Waals surface area contributed by atoms with E-state index in [2.05, 4.69) is 15.3 Å². The number of rotatable bonds is 3. The number of hydrogen-bond acceptors (Lipinski definition) is 4. The van der Waals surface area contributed by atoms with Crippen molar-refractivity contribution in [3.8, 4) is 0 Å². The number of nitrogens with zero attached hydrogens (tertiary/aromatic N) is 2. The van der Waals surface area contributed by atoms with Gasteiger partial charge in [-0.3, -0.25) is 4.79 Å². The third-order valence-electron chi connectivity index (χ3n) is 2.27. The maximum Gasteiger partial charge on any atom is 0.325 e. The number of carbonyl (C=O) groups is 1. The number of fused-ring (bicyclic) bond motifs is 1. The minimum absolute atomic E-state index is 0.542. The van der Waals surface area contributed by atoms with Crippen molar-refractivity contribution in [1.29, 1.82) is 0 Å². The smallest absolute Gasteiger partial charge is 0.325 e. The van der Waals surface area contributed by atoms with Crippen LogP contribution in [0, 0.1) is 0 Å². The van der Waals surface area contributed by atoms with Gasteiger partial charge in [0.1, 0.15) is 18.2 Å². The first-order valence-corrected chi connectivity index (χ1v) is 4.87. The van der Waals surface area contributed by atoms with Crippen molar-refractivity contribution >= 4 is 22.7 Å². The summed E-state index contributed by atoms with van der Waals surface area (Å²) in [6.45, 7) is 1.57. The summed E-state index contributed by atoms with van der Waals surface area (Å²) in [4.78, 5) is 18.9. The van der Waals surface area contributed by atoms with Crippen LogP contribution in [0.1, 0.15) is 6.92 Å². The highest BCUT2D eigenvalue weighted by Gasteiger charge is 2.12. The Balaban J connectivity index is 2.41. The molecule has 5 heteroatoms. The summed E-state index contributed by atoms with van der Waals surface area (Å²) in [6, 6.07) is 6.76. The zero-order valence-electron chi connectivity index (χ0n) is 8.71. The highest BCUT2D eigenvalue weighted by molar-refractivity contribution is 5.90. The van der Waals surface area contributed by atoms with Crippen LogP contribution in [0.4, 0.5) is 5.82 Å². The number of nitrogens with one attached hydrogen (secondary N) is 1. The summed E-state index contributed by atoms with van der Waals surface area (Å²) in [5, 5.41) is 12.5. The molecular weight excluding hydrogens is 206 g/mol. The van der Waals surface area contributed by atoms with E-state index >= 15 is 0 Å². The number of hydrogen-bond donors (Lipinski definition) is 2. The second kappa shape index (κ2) is 4.14. The molecular formula is C11H11N3O2. The third kappa shape index (κ3) is 1.93. The Morgan fingerprint density at radius 1 is 1.38 bits per heavy atom. The number of carboxylic acid groups (broad SMARTS) is 1. The normalized spacial score (nSPS) is 12.3. The van der Waals surface area contributed by atoms with Gasteiger partial charge in [-0.25, -0.2) is 9.97 Å². The first kappa shape index (κ1) is 10.4. The van der Waals surface area contributed by atoms with E-state index in [1.807, 2.05) is 24.3 Å². The lowest BCUT2D eigenvalue weighted by atomic mass is 10.2. The highest BCUT2D eigenvalue weighted by atomic mass is 16.4. The van der Waals surface area contributed by atoms with Gasteiger partial charge in [0.05, 0.1) is 5.52 Å². The Morgan fingerprint density at radius 2 is 2.12 bits per heavy atom. The highest BCUT2D eigenvalue weighted by Crippen LogP contribution is 2.18. The molecule has 0 unspecified atom stereocenters. The van der Waals surface area contributed by atoms with Crippen molar-refractivity contribution < 1.29 is 9.90 Å².